The van der Waals surface area contributed by atoms with Crippen LogP contribution in [-0.2, 0) is 14.9 Å². The lowest BCUT2D eigenvalue weighted by molar-refractivity contribution is -0.130. The third kappa shape index (κ3) is 5.08. The van der Waals surface area contributed by atoms with E-state index >= 15 is 0 Å². The maximum absolute atomic E-state index is 14.0. The van der Waals surface area contributed by atoms with Gasteiger partial charge in [0.2, 0.25) is 5.91 Å². The van der Waals surface area contributed by atoms with Crippen molar-refractivity contribution in [1.82, 2.24) is 10.2 Å². The molecule has 6 heteroatoms. The minimum absolute atomic E-state index is 0.117. The SMILES string of the molecule is O=C(NCCCN1CCN(c2ccccc2F)CC1)C1(c2ccccc2)CCOCC1. The number of para-hydroxylation sites is 1. The molecule has 1 amide bonds. The highest BCUT2D eigenvalue weighted by Gasteiger charge is 2.41. The molecule has 31 heavy (non-hydrogen) atoms. The van der Waals surface area contributed by atoms with Gasteiger partial charge in [-0.15, -0.1) is 0 Å². The standard InChI is InChI=1S/C25H32FN3O2/c26-22-9-4-5-10-23(22)29-17-15-28(16-18-29)14-6-13-27-24(30)25(11-19-31-20-12-25)21-7-2-1-3-8-21/h1-5,7-10H,6,11-20H2,(H,27,30). The number of ether oxygens (including phenoxy) is 1. The van der Waals surface area contributed by atoms with Crippen LogP contribution in [0, 0.1) is 5.82 Å². The lowest BCUT2D eigenvalue weighted by atomic mass is 9.73. The molecule has 2 fully saturated rings. The fourth-order valence-corrected chi connectivity index (χ4v) is 4.72. The number of hydrogen-bond donors (Lipinski definition) is 1. The minimum Gasteiger partial charge on any atom is -0.381 e. The first-order chi connectivity index (χ1) is 15.2. The first-order valence-electron chi connectivity index (χ1n) is 11.3. The van der Waals surface area contributed by atoms with Gasteiger partial charge in [-0.25, -0.2) is 4.39 Å². The van der Waals surface area contributed by atoms with Gasteiger partial charge in [-0.05, 0) is 43.5 Å². The van der Waals surface area contributed by atoms with Crippen LogP contribution in [0.2, 0.25) is 0 Å². The zero-order chi connectivity index (χ0) is 21.5. The van der Waals surface area contributed by atoms with Gasteiger partial charge >= 0.3 is 0 Å². The molecule has 0 spiro atoms. The number of carbonyl (C=O) groups is 1. The zero-order valence-electron chi connectivity index (χ0n) is 18.1. The summed E-state index contributed by atoms with van der Waals surface area (Å²) in [6, 6.07) is 17.1. The van der Waals surface area contributed by atoms with E-state index in [0.717, 1.165) is 57.5 Å². The fourth-order valence-electron chi connectivity index (χ4n) is 4.72. The summed E-state index contributed by atoms with van der Waals surface area (Å²) < 4.78 is 19.5. The molecular formula is C25H32FN3O2. The van der Waals surface area contributed by atoms with Crippen LogP contribution in [0.4, 0.5) is 10.1 Å². The van der Waals surface area contributed by atoms with E-state index in [4.69, 9.17) is 4.74 Å². The molecule has 2 aromatic carbocycles. The molecule has 0 atom stereocenters. The molecule has 166 valence electrons. The second kappa shape index (κ2) is 10.2. The molecule has 5 nitrogen and oxygen atoms in total. The first kappa shape index (κ1) is 21.8. The van der Waals surface area contributed by atoms with Crippen LogP contribution in [-0.4, -0.2) is 63.3 Å². The van der Waals surface area contributed by atoms with E-state index in [1.54, 1.807) is 6.07 Å². The number of carbonyl (C=O) groups excluding carboxylic acids is 1. The number of hydrogen-bond acceptors (Lipinski definition) is 4. The Hall–Kier alpha value is -2.44. The van der Waals surface area contributed by atoms with Gasteiger partial charge in [-0.2, -0.15) is 0 Å². The van der Waals surface area contributed by atoms with E-state index in [1.807, 2.05) is 30.3 Å². The molecule has 2 aromatic rings. The average molecular weight is 426 g/mol. The molecule has 0 aromatic heterocycles. The highest BCUT2D eigenvalue weighted by molar-refractivity contribution is 5.88. The highest BCUT2D eigenvalue weighted by atomic mass is 19.1. The van der Waals surface area contributed by atoms with Crippen LogP contribution in [0.5, 0.6) is 0 Å². The van der Waals surface area contributed by atoms with Crippen LogP contribution in [0.3, 0.4) is 0 Å². The molecular weight excluding hydrogens is 393 g/mol. The van der Waals surface area contributed by atoms with Crippen molar-refractivity contribution in [2.75, 3.05) is 57.4 Å². The summed E-state index contributed by atoms with van der Waals surface area (Å²) in [5.41, 5.74) is 1.29. The lowest BCUT2D eigenvalue weighted by Crippen LogP contribution is -2.49. The average Bonchev–Trinajstić information content (AvgIpc) is 2.83. The van der Waals surface area contributed by atoms with Crippen molar-refractivity contribution in [3.05, 3.63) is 66.0 Å². The molecule has 2 saturated heterocycles. The number of amides is 1. The normalized spacial score (nSPS) is 19.2. The van der Waals surface area contributed by atoms with Crippen molar-refractivity contribution in [3.8, 4) is 0 Å². The van der Waals surface area contributed by atoms with Crippen LogP contribution in [0.15, 0.2) is 54.6 Å². The minimum atomic E-state index is -0.481. The Morgan fingerprint density at radius 1 is 0.968 bits per heavy atom. The van der Waals surface area contributed by atoms with E-state index in [0.29, 0.717) is 25.4 Å². The van der Waals surface area contributed by atoms with E-state index in [2.05, 4.69) is 27.2 Å². The summed E-state index contributed by atoms with van der Waals surface area (Å²) in [4.78, 5) is 17.7. The van der Waals surface area contributed by atoms with Crippen LogP contribution in [0.25, 0.3) is 0 Å². The second-order valence-corrected chi connectivity index (χ2v) is 8.45. The number of benzene rings is 2. The number of piperazine rings is 1. The van der Waals surface area contributed by atoms with E-state index in [1.165, 1.54) is 6.07 Å². The Labute approximate surface area is 184 Å². The van der Waals surface area contributed by atoms with Crippen molar-refractivity contribution in [2.45, 2.75) is 24.7 Å². The lowest BCUT2D eigenvalue weighted by Gasteiger charge is -2.37. The third-order valence-electron chi connectivity index (χ3n) is 6.61. The predicted molar refractivity (Wildman–Crippen MR) is 121 cm³/mol. The highest BCUT2D eigenvalue weighted by Crippen LogP contribution is 2.35. The maximum atomic E-state index is 14.0. The summed E-state index contributed by atoms with van der Waals surface area (Å²) in [6.07, 6.45) is 2.36. The monoisotopic (exact) mass is 425 g/mol. The van der Waals surface area contributed by atoms with Crippen molar-refractivity contribution in [2.24, 2.45) is 0 Å². The van der Waals surface area contributed by atoms with Crippen molar-refractivity contribution >= 4 is 11.6 Å². The second-order valence-electron chi connectivity index (χ2n) is 8.45. The van der Waals surface area contributed by atoms with Crippen molar-refractivity contribution in [1.29, 1.82) is 0 Å². The predicted octanol–water partition coefficient (Wildman–Crippen LogP) is 3.20. The van der Waals surface area contributed by atoms with Crippen LogP contribution in [0.1, 0.15) is 24.8 Å². The molecule has 0 aliphatic carbocycles. The van der Waals surface area contributed by atoms with Crippen LogP contribution < -0.4 is 10.2 Å². The first-order valence-corrected chi connectivity index (χ1v) is 11.3. The summed E-state index contributed by atoms with van der Waals surface area (Å²) in [6.45, 7) is 6.31. The smallest absolute Gasteiger partial charge is 0.230 e. The van der Waals surface area contributed by atoms with Gasteiger partial charge in [0.05, 0.1) is 11.1 Å². The third-order valence-corrected chi connectivity index (χ3v) is 6.61. The molecule has 2 aliphatic heterocycles. The van der Waals surface area contributed by atoms with Gasteiger partial charge in [-0.1, -0.05) is 42.5 Å². The molecule has 0 bridgehead atoms. The topological polar surface area (TPSA) is 44.8 Å². The number of anilines is 1. The van der Waals surface area contributed by atoms with Crippen molar-refractivity contribution in [3.63, 3.8) is 0 Å². The summed E-state index contributed by atoms with van der Waals surface area (Å²) in [7, 11) is 0. The Morgan fingerprint density at radius 3 is 2.35 bits per heavy atom. The number of halogens is 1. The van der Waals surface area contributed by atoms with Crippen molar-refractivity contribution < 1.29 is 13.9 Å². The molecule has 4 rings (SSSR count). The van der Waals surface area contributed by atoms with Gasteiger partial charge in [0, 0.05) is 45.9 Å². The fraction of sp³-hybridized carbons (Fsp3) is 0.480. The molecule has 0 radical (unpaired) electrons. The van der Waals surface area contributed by atoms with Gasteiger partial charge in [0.1, 0.15) is 5.82 Å². The summed E-state index contributed by atoms with van der Waals surface area (Å²) >= 11 is 0. The quantitative estimate of drug-likeness (QED) is 0.692. The van der Waals surface area contributed by atoms with Gasteiger partial charge in [-0.3, -0.25) is 9.69 Å². The summed E-state index contributed by atoms with van der Waals surface area (Å²) in [5, 5.41) is 3.19. The van der Waals surface area contributed by atoms with Gasteiger partial charge in [0.15, 0.2) is 0 Å². The maximum Gasteiger partial charge on any atom is 0.230 e. The van der Waals surface area contributed by atoms with E-state index in [-0.39, 0.29) is 11.7 Å². The van der Waals surface area contributed by atoms with E-state index < -0.39 is 5.41 Å². The van der Waals surface area contributed by atoms with E-state index in [9.17, 15) is 9.18 Å². The zero-order valence-corrected chi connectivity index (χ0v) is 18.1. The molecule has 2 heterocycles. The number of nitrogens with one attached hydrogen (secondary N) is 1. The van der Waals surface area contributed by atoms with Gasteiger partial charge in [0.25, 0.3) is 0 Å². The Kier molecular flexibility index (Phi) is 7.20. The largest absolute Gasteiger partial charge is 0.381 e. The van der Waals surface area contributed by atoms with Gasteiger partial charge < -0.3 is 15.0 Å². The number of rotatable bonds is 7. The Morgan fingerprint density at radius 2 is 1.65 bits per heavy atom. The molecule has 0 unspecified atom stereocenters. The molecule has 0 saturated carbocycles. The Bertz CT molecular complexity index is 847. The Balaban J connectivity index is 1.23. The number of nitrogens with zero attached hydrogens (tertiary/aromatic N) is 2. The van der Waals surface area contributed by atoms with Crippen LogP contribution >= 0.6 is 0 Å². The summed E-state index contributed by atoms with van der Waals surface area (Å²) in [5.74, 6) is -0.0366. The molecule has 2 aliphatic rings. The molecule has 1 N–H and O–H groups in total.